The highest BCUT2D eigenvalue weighted by molar-refractivity contribution is 5.85. The van der Waals surface area contributed by atoms with Crippen molar-refractivity contribution in [2.45, 2.75) is 25.3 Å². The molecule has 2 aliphatic rings. The van der Waals surface area contributed by atoms with Gasteiger partial charge in [0.15, 0.2) is 0 Å². The van der Waals surface area contributed by atoms with Crippen molar-refractivity contribution in [2.24, 2.45) is 11.8 Å². The van der Waals surface area contributed by atoms with Crippen LogP contribution in [0.4, 0.5) is 0 Å². The maximum absolute atomic E-state index is 13.3. The molecule has 0 bridgehead atoms. The minimum absolute atomic E-state index is 0.101. The smallest absolute Gasteiger partial charge is 0.228 e. The van der Waals surface area contributed by atoms with Gasteiger partial charge in [0.05, 0.1) is 19.1 Å². The predicted molar refractivity (Wildman–Crippen MR) is 99.8 cm³/mol. The Morgan fingerprint density at radius 1 is 1.27 bits per heavy atom. The second-order valence-electron chi connectivity index (χ2n) is 7.36. The average molecular weight is 359 g/mol. The lowest BCUT2D eigenvalue weighted by Gasteiger charge is -2.40. The minimum Gasteiger partial charge on any atom is -0.497 e. The Labute approximate surface area is 155 Å². The van der Waals surface area contributed by atoms with Crippen molar-refractivity contribution in [3.05, 3.63) is 29.8 Å². The summed E-state index contributed by atoms with van der Waals surface area (Å²) in [6.07, 6.45) is 2.10. The van der Waals surface area contributed by atoms with Crippen LogP contribution in [0.25, 0.3) is 0 Å². The molecule has 1 N–H and O–H groups in total. The van der Waals surface area contributed by atoms with Gasteiger partial charge < -0.3 is 19.9 Å². The average Bonchev–Trinajstić information content (AvgIpc) is 3.12. The van der Waals surface area contributed by atoms with Crippen molar-refractivity contribution in [3.8, 4) is 5.75 Å². The van der Waals surface area contributed by atoms with Gasteiger partial charge in [0.1, 0.15) is 5.75 Å². The monoisotopic (exact) mass is 359 g/mol. The molecule has 1 aromatic rings. The maximum Gasteiger partial charge on any atom is 0.228 e. The van der Waals surface area contributed by atoms with Crippen LogP contribution < -0.4 is 10.1 Å². The van der Waals surface area contributed by atoms with Crippen molar-refractivity contribution in [1.29, 1.82) is 0 Å². The molecule has 2 amide bonds. The molecule has 3 unspecified atom stereocenters. The normalized spacial score (nSPS) is 26.3. The topological polar surface area (TPSA) is 61.9 Å². The van der Waals surface area contributed by atoms with Gasteiger partial charge in [0, 0.05) is 26.6 Å². The van der Waals surface area contributed by atoms with Gasteiger partial charge in [-0.3, -0.25) is 9.59 Å². The number of hydrogen-bond acceptors (Lipinski definition) is 4. The van der Waals surface area contributed by atoms with Crippen molar-refractivity contribution in [2.75, 3.05) is 40.8 Å². The second kappa shape index (κ2) is 8.08. The van der Waals surface area contributed by atoms with Gasteiger partial charge in [0.25, 0.3) is 0 Å². The van der Waals surface area contributed by atoms with E-state index in [2.05, 4.69) is 5.32 Å². The number of amides is 2. The number of carbonyl (C=O) groups is 2. The number of nitrogens with one attached hydrogen (secondary N) is 1. The zero-order valence-electron chi connectivity index (χ0n) is 15.9. The summed E-state index contributed by atoms with van der Waals surface area (Å²) in [5, 5.41) is 3.20. The molecule has 3 rings (SSSR count). The van der Waals surface area contributed by atoms with Crippen LogP contribution in [0.15, 0.2) is 24.3 Å². The maximum atomic E-state index is 13.3. The standard InChI is InChI=1S/C20H29N3O3/c1-21-12-14-10-11-23(13-14)20(25)17-8-9-18(24)22(2)19(17)15-4-6-16(26-3)7-5-15/h4-7,14,17,19,21H,8-13H2,1-3H3. The number of nitrogens with zero attached hydrogens (tertiary/aromatic N) is 2. The number of methoxy groups -OCH3 is 1. The molecule has 0 aliphatic carbocycles. The van der Waals surface area contributed by atoms with Crippen LogP contribution in [-0.2, 0) is 9.59 Å². The van der Waals surface area contributed by atoms with Gasteiger partial charge in [-0.15, -0.1) is 0 Å². The van der Waals surface area contributed by atoms with E-state index in [1.807, 2.05) is 43.3 Å². The van der Waals surface area contributed by atoms with Gasteiger partial charge in [-0.1, -0.05) is 12.1 Å². The molecule has 26 heavy (non-hydrogen) atoms. The summed E-state index contributed by atoms with van der Waals surface area (Å²) in [7, 11) is 5.39. The van der Waals surface area contributed by atoms with E-state index in [0.717, 1.165) is 37.4 Å². The molecule has 2 heterocycles. The zero-order valence-corrected chi connectivity index (χ0v) is 15.9. The molecule has 2 saturated heterocycles. The first-order chi connectivity index (χ1) is 12.5. The Hall–Kier alpha value is -2.08. The predicted octanol–water partition coefficient (Wildman–Crippen LogP) is 1.67. The summed E-state index contributed by atoms with van der Waals surface area (Å²) in [5.41, 5.74) is 0.991. The zero-order chi connectivity index (χ0) is 18.7. The second-order valence-corrected chi connectivity index (χ2v) is 7.36. The molecular formula is C20H29N3O3. The third kappa shape index (κ3) is 3.70. The SMILES string of the molecule is CNCC1CCN(C(=O)C2CCC(=O)N(C)C2c2ccc(OC)cc2)C1. The van der Waals surface area contributed by atoms with Crippen LogP contribution >= 0.6 is 0 Å². The summed E-state index contributed by atoms with van der Waals surface area (Å²) in [6.45, 7) is 2.56. The first-order valence-corrected chi connectivity index (χ1v) is 9.38. The fourth-order valence-corrected chi connectivity index (χ4v) is 4.28. The molecule has 0 aromatic heterocycles. The van der Waals surface area contributed by atoms with Crippen LogP contribution in [0.2, 0.25) is 0 Å². The third-order valence-electron chi connectivity index (χ3n) is 5.73. The lowest BCUT2D eigenvalue weighted by Crippen LogP contribution is -2.47. The Balaban J connectivity index is 1.81. The van der Waals surface area contributed by atoms with Crippen molar-refractivity contribution in [3.63, 3.8) is 0 Å². The number of likely N-dealkylation sites (tertiary alicyclic amines) is 2. The summed E-state index contributed by atoms with van der Waals surface area (Å²) >= 11 is 0. The van der Waals surface area contributed by atoms with E-state index in [0.29, 0.717) is 18.8 Å². The number of rotatable bonds is 5. The molecule has 0 radical (unpaired) electrons. The van der Waals surface area contributed by atoms with Crippen LogP contribution in [0.3, 0.4) is 0 Å². The molecule has 2 fully saturated rings. The molecule has 0 saturated carbocycles. The van der Waals surface area contributed by atoms with E-state index in [1.165, 1.54) is 0 Å². The van der Waals surface area contributed by atoms with Gasteiger partial charge in [-0.05, 0) is 50.0 Å². The van der Waals surface area contributed by atoms with Crippen molar-refractivity contribution < 1.29 is 14.3 Å². The number of carbonyl (C=O) groups excluding carboxylic acids is 2. The fourth-order valence-electron chi connectivity index (χ4n) is 4.28. The van der Waals surface area contributed by atoms with Crippen LogP contribution in [0.5, 0.6) is 5.75 Å². The lowest BCUT2D eigenvalue weighted by atomic mass is 9.83. The first kappa shape index (κ1) is 18.7. The summed E-state index contributed by atoms with van der Waals surface area (Å²) in [5.74, 6) is 1.40. The quantitative estimate of drug-likeness (QED) is 0.869. The van der Waals surface area contributed by atoms with Gasteiger partial charge in [-0.25, -0.2) is 0 Å². The van der Waals surface area contributed by atoms with Gasteiger partial charge in [0.2, 0.25) is 11.8 Å². The van der Waals surface area contributed by atoms with Crippen molar-refractivity contribution in [1.82, 2.24) is 15.1 Å². The van der Waals surface area contributed by atoms with Crippen LogP contribution in [0.1, 0.15) is 30.9 Å². The van der Waals surface area contributed by atoms with Crippen LogP contribution in [-0.4, -0.2) is 62.5 Å². The van der Waals surface area contributed by atoms with E-state index in [1.54, 1.807) is 12.0 Å². The number of piperidine rings is 1. The van der Waals surface area contributed by atoms with Gasteiger partial charge >= 0.3 is 0 Å². The highest BCUT2D eigenvalue weighted by Crippen LogP contribution is 2.38. The largest absolute Gasteiger partial charge is 0.497 e. The Morgan fingerprint density at radius 3 is 2.65 bits per heavy atom. The molecule has 1 aromatic carbocycles. The van der Waals surface area contributed by atoms with E-state index < -0.39 is 0 Å². The van der Waals surface area contributed by atoms with Crippen molar-refractivity contribution >= 4 is 11.8 Å². The highest BCUT2D eigenvalue weighted by Gasteiger charge is 2.41. The van der Waals surface area contributed by atoms with E-state index in [-0.39, 0.29) is 23.8 Å². The summed E-state index contributed by atoms with van der Waals surface area (Å²) in [4.78, 5) is 29.3. The Bertz CT molecular complexity index is 646. The Kier molecular flexibility index (Phi) is 5.81. The molecule has 6 nitrogen and oxygen atoms in total. The van der Waals surface area contributed by atoms with E-state index in [9.17, 15) is 9.59 Å². The van der Waals surface area contributed by atoms with E-state index >= 15 is 0 Å². The molecule has 6 heteroatoms. The van der Waals surface area contributed by atoms with E-state index in [4.69, 9.17) is 4.74 Å². The highest BCUT2D eigenvalue weighted by atomic mass is 16.5. The molecule has 3 atom stereocenters. The summed E-state index contributed by atoms with van der Waals surface area (Å²) in [6, 6.07) is 7.50. The minimum atomic E-state index is -0.210. The molecule has 0 spiro atoms. The number of benzene rings is 1. The third-order valence-corrected chi connectivity index (χ3v) is 5.73. The molecular weight excluding hydrogens is 330 g/mol. The Morgan fingerprint density at radius 2 is 2.00 bits per heavy atom. The van der Waals surface area contributed by atoms with Crippen LogP contribution in [0, 0.1) is 11.8 Å². The lowest BCUT2D eigenvalue weighted by molar-refractivity contribution is -0.146. The first-order valence-electron chi connectivity index (χ1n) is 9.38. The summed E-state index contributed by atoms with van der Waals surface area (Å²) < 4.78 is 5.23. The molecule has 142 valence electrons. The number of hydrogen-bond donors (Lipinski definition) is 1. The number of ether oxygens (including phenoxy) is 1. The van der Waals surface area contributed by atoms with Gasteiger partial charge in [-0.2, -0.15) is 0 Å². The molecule has 2 aliphatic heterocycles. The fraction of sp³-hybridized carbons (Fsp3) is 0.600.